The van der Waals surface area contributed by atoms with Crippen LogP contribution in [0.4, 0.5) is 15.9 Å². The lowest BCUT2D eigenvalue weighted by Crippen LogP contribution is -2.57. The van der Waals surface area contributed by atoms with E-state index in [9.17, 15) is 17.6 Å². The third kappa shape index (κ3) is 4.86. The number of carbonyl (C=O) groups is 1. The second-order valence-electron chi connectivity index (χ2n) is 9.96. The number of nitrogens with one attached hydrogen (secondary N) is 1. The zero-order chi connectivity index (χ0) is 25.8. The molecule has 4 heterocycles. The Balaban J connectivity index is 1.48. The Morgan fingerprint density at radius 2 is 2.00 bits per heavy atom. The molecule has 1 N–H and O–H groups in total. The average Bonchev–Trinajstić information content (AvgIpc) is 3.19. The number of rotatable bonds is 5. The van der Waals surface area contributed by atoms with E-state index in [0.717, 1.165) is 30.5 Å². The Labute approximate surface area is 214 Å². The molecule has 3 aromatic rings. The van der Waals surface area contributed by atoms with E-state index in [1.165, 1.54) is 18.2 Å². The van der Waals surface area contributed by atoms with Crippen LogP contribution in [0.25, 0.3) is 5.65 Å². The number of aromatic nitrogens is 3. The van der Waals surface area contributed by atoms with E-state index < -0.39 is 15.7 Å². The van der Waals surface area contributed by atoms with Gasteiger partial charge in [-0.3, -0.25) is 9.52 Å². The van der Waals surface area contributed by atoms with Crippen LogP contribution in [0.3, 0.4) is 0 Å². The number of piperidine rings is 1. The molecule has 2 aromatic heterocycles. The maximum atomic E-state index is 14.1. The number of sulfonamides is 1. The van der Waals surface area contributed by atoms with Gasteiger partial charge in [-0.05, 0) is 51.3 Å². The van der Waals surface area contributed by atoms with Crippen molar-refractivity contribution in [3.05, 3.63) is 52.3 Å². The Morgan fingerprint density at radius 3 is 2.69 bits per heavy atom. The molecule has 12 heteroatoms. The molecular formula is C24H28ClFN6O3S. The number of hydrogen-bond acceptors (Lipinski definition) is 6. The number of nitrogens with zero attached hydrogens (tertiary/aromatic N) is 5. The molecule has 0 bridgehead atoms. The number of benzene rings is 1. The van der Waals surface area contributed by atoms with Gasteiger partial charge in [-0.1, -0.05) is 11.6 Å². The summed E-state index contributed by atoms with van der Waals surface area (Å²) in [5.41, 5.74) is 1.37. The van der Waals surface area contributed by atoms with Crippen LogP contribution in [-0.2, 0) is 10.0 Å². The summed E-state index contributed by atoms with van der Waals surface area (Å²) in [6.45, 7) is 4.60. The van der Waals surface area contributed by atoms with Crippen molar-refractivity contribution in [1.82, 2.24) is 19.5 Å². The smallest absolute Gasteiger partial charge is 0.256 e. The average molecular weight is 535 g/mol. The van der Waals surface area contributed by atoms with Gasteiger partial charge in [-0.15, -0.1) is 0 Å². The fourth-order valence-electron chi connectivity index (χ4n) is 5.02. The van der Waals surface area contributed by atoms with E-state index in [0.29, 0.717) is 42.4 Å². The van der Waals surface area contributed by atoms with Crippen LogP contribution in [0.5, 0.6) is 0 Å². The molecule has 9 nitrogen and oxygen atoms in total. The Hall–Kier alpha value is -2.92. The molecule has 0 aliphatic carbocycles. The van der Waals surface area contributed by atoms with Crippen LogP contribution in [0.2, 0.25) is 5.02 Å². The molecule has 0 saturated carbocycles. The Kier molecular flexibility index (Phi) is 6.11. The van der Waals surface area contributed by atoms with Crippen molar-refractivity contribution in [2.24, 2.45) is 0 Å². The molecule has 1 atom stereocenters. The number of hydrogen-bond donors (Lipinski definition) is 1. The van der Waals surface area contributed by atoms with Crippen molar-refractivity contribution in [2.45, 2.75) is 44.8 Å². The van der Waals surface area contributed by atoms with Gasteiger partial charge >= 0.3 is 0 Å². The summed E-state index contributed by atoms with van der Waals surface area (Å²) >= 11 is 6.17. The standard InChI is InChI=1S/C24H28ClFN6O3S/c1-15-12-32-21(27-22(15)30-13-24(2,26)14-30)11-19(28-32)20-6-4-5-9-31(20)23(33)17-10-16(25)7-8-18(17)29-36(3,34)35/h7-8,10-12,20,29H,4-6,9,13-14H2,1-3H3/t20-/m0/s1. The summed E-state index contributed by atoms with van der Waals surface area (Å²) in [6, 6.07) is 6.07. The molecule has 0 spiro atoms. The minimum Gasteiger partial charge on any atom is -0.350 e. The van der Waals surface area contributed by atoms with Crippen molar-refractivity contribution in [1.29, 1.82) is 0 Å². The van der Waals surface area contributed by atoms with Crippen LogP contribution >= 0.6 is 11.6 Å². The third-order valence-electron chi connectivity index (χ3n) is 6.58. The lowest BCUT2D eigenvalue weighted by Gasteiger charge is -2.43. The van der Waals surface area contributed by atoms with Gasteiger partial charge in [0.25, 0.3) is 5.91 Å². The fourth-order valence-corrected chi connectivity index (χ4v) is 5.77. The van der Waals surface area contributed by atoms with Crippen molar-refractivity contribution < 1.29 is 17.6 Å². The quantitative estimate of drug-likeness (QED) is 0.531. The maximum absolute atomic E-state index is 14.1. The van der Waals surface area contributed by atoms with Gasteiger partial charge in [0.1, 0.15) is 11.5 Å². The summed E-state index contributed by atoms with van der Waals surface area (Å²) < 4.78 is 41.9. The topological polar surface area (TPSA) is 99.9 Å². The fraction of sp³-hybridized carbons (Fsp3) is 0.458. The van der Waals surface area contributed by atoms with E-state index in [4.69, 9.17) is 21.7 Å². The summed E-state index contributed by atoms with van der Waals surface area (Å²) in [7, 11) is -3.60. The number of likely N-dealkylation sites (tertiary alicyclic amines) is 1. The van der Waals surface area contributed by atoms with Crippen LogP contribution < -0.4 is 9.62 Å². The normalized spacial score (nSPS) is 19.9. The molecule has 0 unspecified atom stereocenters. The van der Waals surface area contributed by atoms with E-state index in [-0.39, 0.29) is 23.2 Å². The van der Waals surface area contributed by atoms with Crippen molar-refractivity contribution in [3.8, 4) is 0 Å². The van der Waals surface area contributed by atoms with Crippen molar-refractivity contribution in [2.75, 3.05) is 35.5 Å². The van der Waals surface area contributed by atoms with Crippen molar-refractivity contribution >= 4 is 44.7 Å². The first-order chi connectivity index (χ1) is 16.9. The molecule has 2 fully saturated rings. The number of carbonyl (C=O) groups excluding carboxylic acids is 1. The number of amides is 1. The third-order valence-corrected chi connectivity index (χ3v) is 7.40. The lowest BCUT2D eigenvalue weighted by atomic mass is 9.98. The highest BCUT2D eigenvalue weighted by atomic mass is 35.5. The van der Waals surface area contributed by atoms with Crippen LogP contribution in [0.1, 0.15) is 53.8 Å². The molecule has 5 rings (SSSR count). The van der Waals surface area contributed by atoms with Crippen LogP contribution in [0, 0.1) is 6.92 Å². The van der Waals surface area contributed by atoms with E-state index in [1.807, 2.05) is 24.1 Å². The van der Waals surface area contributed by atoms with Crippen LogP contribution in [-0.4, -0.2) is 65.4 Å². The SMILES string of the molecule is Cc1cn2nc([C@@H]3CCCCN3C(=O)c3cc(Cl)ccc3NS(C)(=O)=O)cc2nc1N1CC(C)(F)C1. The molecule has 1 aromatic carbocycles. The zero-order valence-corrected chi connectivity index (χ0v) is 21.9. The minimum atomic E-state index is -3.60. The first-order valence-electron chi connectivity index (χ1n) is 11.8. The van der Waals surface area contributed by atoms with E-state index >= 15 is 0 Å². The van der Waals surface area contributed by atoms with Gasteiger partial charge in [-0.2, -0.15) is 5.10 Å². The number of alkyl halides is 1. The first-order valence-corrected chi connectivity index (χ1v) is 14.1. The Bertz CT molecular complexity index is 1450. The number of halogens is 2. The highest BCUT2D eigenvalue weighted by Gasteiger charge is 2.40. The summed E-state index contributed by atoms with van der Waals surface area (Å²) in [5.74, 6) is 0.411. The van der Waals surface area contributed by atoms with Crippen molar-refractivity contribution in [3.63, 3.8) is 0 Å². The summed E-state index contributed by atoms with van der Waals surface area (Å²) in [5, 5.41) is 5.06. The molecule has 0 radical (unpaired) electrons. The minimum absolute atomic E-state index is 0.183. The predicted molar refractivity (Wildman–Crippen MR) is 137 cm³/mol. The molecule has 2 aliphatic heterocycles. The number of anilines is 2. The summed E-state index contributed by atoms with van der Waals surface area (Å²) in [4.78, 5) is 22.1. The molecule has 36 heavy (non-hydrogen) atoms. The number of fused-ring (bicyclic) bond motifs is 1. The molecular weight excluding hydrogens is 507 g/mol. The highest BCUT2D eigenvalue weighted by Crippen LogP contribution is 2.35. The largest absolute Gasteiger partial charge is 0.350 e. The first kappa shape index (κ1) is 24.8. The monoisotopic (exact) mass is 534 g/mol. The number of aryl methyl sites for hydroxylation is 1. The second kappa shape index (κ2) is 8.88. The zero-order valence-electron chi connectivity index (χ0n) is 20.3. The van der Waals surface area contributed by atoms with E-state index in [2.05, 4.69) is 4.72 Å². The summed E-state index contributed by atoms with van der Waals surface area (Å²) in [6.07, 6.45) is 5.36. The molecule has 2 saturated heterocycles. The van der Waals surface area contributed by atoms with Gasteiger partial charge in [0, 0.05) is 29.4 Å². The van der Waals surface area contributed by atoms with Gasteiger partial charge < -0.3 is 9.80 Å². The molecule has 1 amide bonds. The van der Waals surface area contributed by atoms with Crippen LogP contribution in [0.15, 0.2) is 30.5 Å². The molecule has 192 valence electrons. The molecule has 2 aliphatic rings. The van der Waals surface area contributed by atoms with E-state index in [1.54, 1.807) is 16.3 Å². The Morgan fingerprint density at radius 1 is 1.25 bits per heavy atom. The second-order valence-corrected chi connectivity index (χ2v) is 12.1. The lowest BCUT2D eigenvalue weighted by molar-refractivity contribution is 0.0607. The van der Waals surface area contributed by atoms with Gasteiger partial charge in [-0.25, -0.2) is 22.3 Å². The van der Waals surface area contributed by atoms with Gasteiger partial charge in [0.15, 0.2) is 5.65 Å². The van der Waals surface area contributed by atoms with Gasteiger partial charge in [0.2, 0.25) is 10.0 Å². The predicted octanol–water partition coefficient (Wildman–Crippen LogP) is 3.98. The highest BCUT2D eigenvalue weighted by molar-refractivity contribution is 7.92. The maximum Gasteiger partial charge on any atom is 0.256 e. The van der Waals surface area contributed by atoms with Gasteiger partial charge in [0.05, 0.1) is 42.3 Å².